The molecule has 0 saturated carbocycles. The molecule has 0 bridgehead atoms. The van der Waals surface area contributed by atoms with Crippen molar-refractivity contribution < 1.29 is 19.0 Å². The molecule has 8 heteroatoms. The largest absolute Gasteiger partial charge is 0.490 e. The highest BCUT2D eigenvalue weighted by Gasteiger charge is 2.44. The van der Waals surface area contributed by atoms with Crippen molar-refractivity contribution in [2.45, 2.75) is 46.1 Å². The van der Waals surface area contributed by atoms with Crippen LogP contribution in [0.2, 0.25) is 5.02 Å². The van der Waals surface area contributed by atoms with Crippen LogP contribution < -0.4 is 15.2 Å². The summed E-state index contributed by atoms with van der Waals surface area (Å²) in [6.07, 6.45) is 1.07. The fraction of sp³-hybridized carbons (Fsp3) is 0.400. The summed E-state index contributed by atoms with van der Waals surface area (Å²) in [6, 6.07) is 15.3. The number of ether oxygens (including phenoxy) is 3. The third-order valence-electron chi connectivity index (χ3n) is 6.95. The van der Waals surface area contributed by atoms with E-state index in [1.54, 1.807) is 7.11 Å². The minimum Gasteiger partial charge on any atom is -0.490 e. The van der Waals surface area contributed by atoms with E-state index in [0.717, 1.165) is 16.8 Å². The summed E-state index contributed by atoms with van der Waals surface area (Å²) >= 11 is 6.30. The van der Waals surface area contributed by atoms with E-state index in [1.165, 1.54) is 0 Å². The molecule has 1 atom stereocenters. The first-order valence-corrected chi connectivity index (χ1v) is 13.1. The third kappa shape index (κ3) is 5.52. The van der Waals surface area contributed by atoms with Crippen molar-refractivity contribution in [3.63, 3.8) is 0 Å². The first-order chi connectivity index (χ1) is 18.2. The molecule has 38 heavy (non-hydrogen) atoms. The second-order valence-electron chi connectivity index (χ2n) is 10.3. The minimum atomic E-state index is -0.589. The topological polar surface area (TPSA) is 97.8 Å². The van der Waals surface area contributed by atoms with Crippen LogP contribution in [0.3, 0.4) is 0 Å². The van der Waals surface area contributed by atoms with Gasteiger partial charge in [-0.3, -0.25) is 4.79 Å². The van der Waals surface area contributed by atoms with Gasteiger partial charge in [-0.15, -0.1) is 0 Å². The van der Waals surface area contributed by atoms with E-state index >= 15 is 0 Å². The molecule has 2 aromatic carbocycles. The third-order valence-corrected chi connectivity index (χ3v) is 7.32. The highest BCUT2D eigenvalue weighted by Crippen LogP contribution is 2.49. The smallest absolute Gasteiger partial charge is 0.162 e. The van der Waals surface area contributed by atoms with Crippen molar-refractivity contribution in [3.05, 3.63) is 81.3 Å². The summed E-state index contributed by atoms with van der Waals surface area (Å²) in [4.78, 5) is 15.5. The molecule has 1 heterocycles. The van der Waals surface area contributed by atoms with Crippen LogP contribution in [0.15, 0.2) is 65.1 Å². The summed E-state index contributed by atoms with van der Waals surface area (Å²) in [5.74, 6) is 0.875. The predicted molar refractivity (Wildman–Crippen MR) is 147 cm³/mol. The summed E-state index contributed by atoms with van der Waals surface area (Å²) < 4.78 is 17.3. The van der Waals surface area contributed by atoms with E-state index in [4.69, 9.17) is 31.5 Å². The molecule has 7 nitrogen and oxygen atoms in total. The second-order valence-corrected chi connectivity index (χ2v) is 10.7. The van der Waals surface area contributed by atoms with Gasteiger partial charge in [0.25, 0.3) is 0 Å². The Bertz CT molecular complexity index is 1330. The molecule has 0 spiro atoms. The second kappa shape index (κ2) is 11.5. The van der Waals surface area contributed by atoms with Crippen LogP contribution in [0.4, 0.5) is 0 Å². The molecular weight excluding hydrogens is 502 g/mol. The molecule has 0 saturated heterocycles. The van der Waals surface area contributed by atoms with Crippen LogP contribution in [-0.4, -0.2) is 37.6 Å². The molecule has 0 amide bonds. The monoisotopic (exact) mass is 535 g/mol. The number of allylic oxidation sites excluding steroid dienone is 3. The van der Waals surface area contributed by atoms with Gasteiger partial charge in [0.1, 0.15) is 12.4 Å². The average molecular weight is 536 g/mol. The van der Waals surface area contributed by atoms with Gasteiger partial charge in [-0.05, 0) is 42.5 Å². The van der Waals surface area contributed by atoms with Gasteiger partial charge < -0.3 is 24.8 Å². The van der Waals surface area contributed by atoms with E-state index in [1.807, 2.05) is 54.3 Å². The van der Waals surface area contributed by atoms with Crippen LogP contribution in [0.1, 0.15) is 50.7 Å². The molecule has 1 aliphatic heterocycles. The molecule has 1 aliphatic carbocycles. The van der Waals surface area contributed by atoms with E-state index in [0.29, 0.717) is 66.1 Å². The lowest BCUT2D eigenvalue weighted by atomic mass is 9.68. The lowest BCUT2D eigenvalue weighted by Crippen LogP contribution is -2.43. The van der Waals surface area contributed by atoms with Gasteiger partial charge in [-0.25, -0.2) is 0 Å². The number of benzene rings is 2. The molecular formula is C30H34ClN3O4. The van der Waals surface area contributed by atoms with Gasteiger partial charge in [-0.1, -0.05) is 49.7 Å². The van der Waals surface area contributed by atoms with Crippen LogP contribution in [-0.2, 0) is 16.1 Å². The molecule has 0 radical (unpaired) electrons. The number of methoxy groups -OCH3 is 1. The molecule has 200 valence electrons. The Morgan fingerprint density at radius 1 is 1.16 bits per heavy atom. The maximum absolute atomic E-state index is 13.6. The zero-order chi connectivity index (χ0) is 27.4. The van der Waals surface area contributed by atoms with E-state index < -0.39 is 5.92 Å². The van der Waals surface area contributed by atoms with E-state index in [2.05, 4.69) is 19.9 Å². The number of rotatable bonds is 9. The molecule has 2 aromatic rings. The molecule has 0 aromatic heterocycles. The van der Waals surface area contributed by atoms with E-state index in [-0.39, 0.29) is 17.8 Å². The van der Waals surface area contributed by atoms with Crippen LogP contribution in [0.5, 0.6) is 11.5 Å². The quantitative estimate of drug-likeness (QED) is 0.439. The number of carbonyl (C=O) groups excluding carboxylic acids is 1. The minimum absolute atomic E-state index is 0.0286. The number of nitrogens with two attached hydrogens (primary N) is 1. The van der Waals surface area contributed by atoms with Gasteiger partial charge in [0, 0.05) is 41.9 Å². The fourth-order valence-electron chi connectivity index (χ4n) is 5.21. The Balaban J connectivity index is 1.78. The van der Waals surface area contributed by atoms with Gasteiger partial charge in [0.05, 0.1) is 30.8 Å². The van der Waals surface area contributed by atoms with Crippen molar-refractivity contribution in [2.24, 2.45) is 11.1 Å². The van der Waals surface area contributed by atoms with Crippen molar-refractivity contribution in [1.82, 2.24) is 4.90 Å². The van der Waals surface area contributed by atoms with Gasteiger partial charge >= 0.3 is 0 Å². The van der Waals surface area contributed by atoms with Crippen molar-refractivity contribution >= 4 is 17.4 Å². The predicted octanol–water partition coefficient (Wildman–Crippen LogP) is 5.70. The number of ketones is 1. The SMILES string of the molecule is CCOc1cc([C@H]2C(C#N)=C(N)N(CCOC)C3=C2C(=O)CC(C)(C)C3)ccc1OCc1ccccc1Cl. The van der Waals surface area contributed by atoms with Crippen molar-refractivity contribution in [3.8, 4) is 17.6 Å². The Morgan fingerprint density at radius 2 is 1.92 bits per heavy atom. The maximum Gasteiger partial charge on any atom is 0.162 e. The highest BCUT2D eigenvalue weighted by atomic mass is 35.5. The van der Waals surface area contributed by atoms with Crippen molar-refractivity contribution in [1.29, 1.82) is 5.26 Å². The summed E-state index contributed by atoms with van der Waals surface area (Å²) in [5, 5.41) is 10.9. The Morgan fingerprint density at radius 3 is 2.61 bits per heavy atom. The van der Waals surface area contributed by atoms with Gasteiger partial charge in [0.15, 0.2) is 17.3 Å². The normalized spacial score (nSPS) is 18.8. The maximum atomic E-state index is 13.6. The number of hydrogen-bond acceptors (Lipinski definition) is 7. The number of nitrogens with zero attached hydrogens (tertiary/aromatic N) is 2. The Hall–Kier alpha value is -3.47. The van der Waals surface area contributed by atoms with Crippen LogP contribution in [0.25, 0.3) is 0 Å². The molecule has 4 rings (SSSR count). The summed E-state index contributed by atoms with van der Waals surface area (Å²) in [5.41, 5.74) is 9.84. The lowest BCUT2D eigenvalue weighted by Gasteiger charge is -2.43. The van der Waals surface area contributed by atoms with Crippen LogP contribution >= 0.6 is 11.6 Å². The summed E-state index contributed by atoms with van der Waals surface area (Å²) in [7, 11) is 1.62. The zero-order valence-electron chi connectivity index (χ0n) is 22.3. The molecule has 0 fully saturated rings. The summed E-state index contributed by atoms with van der Waals surface area (Å²) in [6.45, 7) is 7.63. The number of halogens is 1. The first kappa shape index (κ1) is 27.6. The van der Waals surface area contributed by atoms with Crippen LogP contribution in [0, 0.1) is 16.7 Å². The number of carbonyl (C=O) groups is 1. The fourth-order valence-corrected chi connectivity index (χ4v) is 5.40. The lowest BCUT2D eigenvalue weighted by molar-refractivity contribution is -0.118. The Kier molecular flexibility index (Phi) is 8.35. The zero-order valence-corrected chi connectivity index (χ0v) is 23.1. The van der Waals surface area contributed by atoms with E-state index in [9.17, 15) is 10.1 Å². The van der Waals surface area contributed by atoms with Gasteiger partial charge in [0.2, 0.25) is 0 Å². The van der Waals surface area contributed by atoms with Gasteiger partial charge in [-0.2, -0.15) is 5.26 Å². The number of hydrogen-bond donors (Lipinski definition) is 1. The average Bonchev–Trinajstić information content (AvgIpc) is 2.87. The first-order valence-electron chi connectivity index (χ1n) is 12.8. The number of nitriles is 1. The molecule has 0 unspecified atom stereocenters. The standard InChI is InChI=1S/C30H34ClN3O4/c1-5-37-26-14-19(10-11-25(26)38-18-20-8-6-7-9-22(20)31)27-21(17-32)29(33)34(12-13-36-4)23-15-30(2,3)16-24(35)28(23)27/h6-11,14,27H,5,12-13,15-16,18,33H2,1-4H3/t27-/m0/s1. The molecule has 2 N–H and O–H groups in total. The number of Topliss-reactive ketones (excluding diaryl/α,β-unsaturated/α-hetero) is 1. The Labute approximate surface area is 229 Å². The molecule has 2 aliphatic rings. The van der Waals surface area contributed by atoms with Crippen molar-refractivity contribution in [2.75, 3.05) is 26.9 Å². The highest BCUT2D eigenvalue weighted by molar-refractivity contribution is 6.31.